The molecule has 1 N–H and O–H groups in total. The predicted octanol–water partition coefficient (Wildman–Crippen LogP) is 2.50. The summed E-state index contributed by atoms with van der Waals surface area (Å²) >= 11 is 5.41. The van der Waals surface area contributed by atoms with Crippen molar-refractivity contribution in [3.05, 3.63) is 29.6 Å². The van der Waals surface area contributed by atoms with Crippen molar-refractivity contribution in [1.82, 2.24) is 0 Å². The quantitative estimate of drug-likeness (QED) is 0.832. The number of anilines is 1. The molecule has 1 aromatic rings. The average molecular weight is 266 g/mol. The maximum absolute atomic E-state index is 12.9. The molecule has 0 unspecified atom stereocenters. The third kappa shape index (κ3) is 3.98. The first-order chi connectivity index (χ1) is 7.44. The fourth-order valence-corrected chi connectivity index (χ4v) is 2.59. The zero-order valence-electron chi connectivity index (χ0n) is 8.83. The van der Waals surface area contributed by atoms with Crippen LogP contribution in [0.2, 0.25) is 0 Å². The van der Waals surface area contributed by atoms with E-state index in [0.717, 1.165) is 0 Å². The van der Waals surface area contributed by atoms with Crippen LogP contribution in [-0.4, -0.2) is 20.1 Å². The molecule has 0 aromatic heterocycles. The SMILES string of the molecule is Cc1cc(NS(=O)(=O)CCCCl)ccc1F. The van der Waals surface area contributed by atoms with Gasteiger partial charge in [-0.3, -0.25) is 4.72 Å². The smallest absolute Gasteiger partial charge is 0.232 e. The number of hydrogen-bond donors (Lipinski definition) is 1. The van der Waals surface area contributed by atoms with Crippen LogP contribution in [0.5, 0.6) is 0 Å². The molecule has 1 rings (SSSR count). The van der Waals surface area contributed by atoms with Gasteiger partial charge in [-0.2, -0.15) is 0 Å². The Morgan fingerprint density at radius 1 is 1.44 bits per heavy atom. The monoisotopic (exact) mass is 265 g/mol. The molecule has 0 aliphatic carbocycles. The molecule has 6 heteroatoms. The Bertz CT molecular complexity index is 462. The van der Waals surface area contributed by atoms with Gasteiger partial charge in [-0.15, -0.1) is 11.6 Å². The maximum atomic E-state index is 12.9. The molecule has 0 saturated heterocycles. The summed E-state index contributed by atoms with van der Waals surface area (Å²) in [4.78, 5) is 0. The second-order valence-corrected chi connectivity index (χ2v) is 5.65. The number of benzene rings is 1. The van der Waals surface area contributed by atoms with Gasteiger partial charge in [0.15, 0.2) is 0 Å². The van der Waals surface area contributed by atoms with Crippen molar-refractivity contribution in [2.75, 3.05) is 16.4 Å². The van der Waals surface area contributed by atoms with Crippen LogP contribution in [0, 0.1) is 12.7 Å². The molecule has 90 valence electrons. The lowest BCUT2D eigenvalue weighted by Crippen LogP contribution is -2.17. The van der Waals surface area contributed by atoms with E-state index in [1.54, 1.807) is 6.92 Å². The van der Waals surface area contributed by atoms with Gasteiger partial charge in [0.25, 0.3) is 0 Å². The van der Waals surface area contributed by atoms with Crippen molar-refractivity contribution in [3.63, 3.8) is 0 Å². The minimum atomic E-state index is -3.38. The first kappa shape index (κ1) is 13.3. The van der Waals surface area contributed by atoms with Crippen LogP contribution >= 0.6 is 11.6 Å². The van der Waals surface area contributed by atoms with Gasteiger partial charge in [-0.05, 0) is 37.1 Å². The number of alkyl halides is 1. The summed E-state index contributed by atoms with van der Waals surface area (Å²) in [5.41, 5.74) is 0.769. The van der Waals surface area contributed by atoms with Crippen LogP contribution in [0.25, 0.3) is 0 Å². The third-order valence-electron chi connectivity index (χ3n) is 1.98. The zero-order valence-corrected chi connectivity index (χ0v) is 10.4. The lowest BCUT2D eigenvalue weighted by molar-refractivity contribution is 0.599. The van der Waals surface area contributed by atoms with Gasteiger partial charge in [0, 0.05) is 11.6 Å². The highest BCUT2D eigenvalue weighted by atomic mass is 35.5. The molecular formula is C10H13ClFNO2S. The summed E-state index contributed by atoms with van der Waals surface area (Å²) in [7, 11) is -3.38. The second-order valence-electron chi connectivity index (χ2n) is 3.43. The van der Waals surface area contributed by atoms with Crippen molar-refractivity contribution < 1.29 is 12.8 Å². The Hall–Kier alpha value is -0.810. The van der Waals surface area contributed by atoms with Crippen molar-refractivity contribution in [1.29, 1.82) is 0 Å². The Morgan fingerprint density at radius 3 is 2.69 bits per heavy atom. The molecular weight excluding hydrogens is 253 g/mol. The minimum Gasteiger partial charge on any atom is -0.284 e. The van der Waals surface area contributed by atoms with E-state index >= 15 is 0 Å². The number of sulfonamides is 1. The zero-order chi connectivity index (χ0) is 12.2. The number of rotatable bonds is 5. The molecule has 0 atom stereocenters. The van der Waals surface area contributed by atoms with Crippen LogP contribution in [0.3, 0.4) is 0 Å². The van der Waals surface area contributed by atoms with Crippen molar-refractivity contribution in [2.24, 2.45) is 0 Å². The lowest BCUT2D eigenvalue weighted by Gasteiger charge is -2.08. The Morgan fingerprint density at radius 2 is 2.12 bits per heavy atom. The Labute approximate surface area is 99.7 Å². The van der Waals surface area contributed by atoms with E-state index < -0.39 is 10.0 Å². The van der Waals surface area contributed by atoms with Crippen LogP contribution in [-0.2, 0) is 10.0 Å². The first-order valence-corrected chi connectivity index (χ1v) is 6.96. The molecule has 1 aromatic carbocycles. The standard InChI is InChI=1S/C10H13ClFNO2S/c1-8-7-9(3-4-10(8)12)13-16(14,15)6-2-5-11/h3-4,7,13H,2,5-6H2,1H3. The lowest BCUT2D eigenvalue weighted by atomic mass is 10.2. The second kappa shape index (κ2) is 5.50. The van der Waals surface area contributed by atoms with Gasteiger partial charge in [-0.25, -0.2) is 12.8 Å². The molecule has 0 bridgehead atoms. The summed E-state index contributed by atoms with van der Waals surface area (Å²) in [6.07, 6.45) is 0.386. The van der Waals surface area contributed by atoms with Crippen molar-refractivity contribution in [3.8, 4) is 0 Å². The van der Waals surface area contributed by atoms with E-state index in [-0.39, 0.29) is 11.6 Å². The Kier molecular flexibility index (Phi) is 4.56. The van der Waals surface area contributed by atoms with E-state index in [4.69, 9.17) is 11.6 Å². The van der Waals surface area contributed by atoms with Crippen molar-refractivity contribution >= 4 is 27.3 Å². The molecule has 0 saturated carbocycles. The van der Waals surface area contributed by atoms with Crippen LogP contribution < -0.4 is 4.72 Å². The highest BCUT2D eigenvalue weighted by Crippen LogP contribution is 2.15. The number of halogens is 2. The molecule has 0 radical (unpaired) electrons. The molecule has 0 fully saturated rings. The summed E-state index contributed by atoms with van der Waals surface area (Å²) in [6, 6.07) is 4.07. The van der Waals surface area contributed by atoms with Gasteiger partial charge >= 0.3 is 0 Å². The summed E-state index contributed by atoms with van der Waals surface area (Å²) in [5.74, 6) is -0.0975. The largest absolute Gasteiger partial charge is 0.284 e. The molecule has 0 spiro atoms. The van der Waals surface area contributed by atoms with E-state index in [1.807, 2.05) is 0 Å². The van der Waals surface area contributed by atoms with Gasteiger partial charge < -0.3 is 0 Å². The minimum absolute atomic E-state index is 0.0348. The van der Waals surface area contributed by atoms with Crippen LogP contribution in [0.1, 0.15) is 12.0 Å². The summed E-state index contributed by atoms with van der Waals surface area (Å²) in [5, 5.41) is 0. The molecule has 3 nitrogen and oxygen atoms in total. The van der Waals surface area contributed by atoms with Crippen LogP contribution in [0.4, 0.5) is 10.1 Å². The summed E-state index contributed by atoms with van der Waals surface area (Å²) < 4.78 is 38.3. The predicted molar refractivity (Wildman–Crippen MR) is 63.9 cm³/mol. The molecule has 0 amide bonds. The number of hydrogen-bond acceptors (Lipinski definition) is 2. The highest BCUT2D eigenvalue weighted by molar-refractivity contribution is 7.92. The van der Waals surface area contributed by atoms with E-state index in [9.17, 15) is 12.8 Å². The number of aryl methyl sites for hydroxylation is 1. The molecule has 16 heavy (non-hydrogen) atoms. The molecule has 0 aliphatic rings. The topological polar surface area (TPSA) is 46.2 Å². The van der Waals surface area contributed by atoms with Crippen molar-refractivity contribution in [2.45, 2.75) is 13.3 Å². The maximum Gasteiger partial charge on any atom is 0.232 e. The van der Waals surface area contributed by atoms with E-state index in [2.05, 4.69) is 4.72 Å². The van der Waals surface area contributed by atoms with Gasteiger partial charge in [0.1, 0.15) is 5.82 Å². The van der Waals surface area contributed by atoms with Gasteiger partial charge in [-0.1, -0.05) is 0 Å². The fraction of sp³-hybridized carbons (Fsp3) is 0.400. The Balaban J connectivity index is 2.76. The first-order valence-electron chi connectivity index (χ1n) is 4.77. The fourth-order valence-electron chi connectivity index (χ4n) is 1.18. The average Bonchev–Trinajstić information content (AvgIpc) is 2.20. The normalized spacial score (nSPS) is 11.4. The van der Waals surface area contributed by atoms with E-state index in [0.29, 0.717) is 23.6 Å². The third-order valence-corrected chi connectivity index (χ3v) is 3.62. The van der Waals surface area contributed by atoms with Crippen LogP contribution in [0.15, 0.2) is 18.2 Å². The molecule has 0 heterocycles. The summed E-state index contributed by atoms with van der Waals surface area (Å²) in [6.45, 7) is 1.58. The molecule has 0 aliphatic heterocycles. The van der Waals surface area contributed by atoms with Gasteiger partial charge in [0.05, 0.1) is 5.75 Å². The van der Waals surface area contributed by atoms with E-state index in [1.165, 1.54) is 18.2 Å². The number of nitrogens with one attached hydrogen (secondary N) is 1. The highest BCUT2D eigenvalue weighted by Gasteiger charge is 2.10. The van der Waals surface area contributed by atoms with Gasteiger partial charge in [0.2, 0.25) is 10.0 Å².